The van der Waals surface area contributed by atoms with Gasteiger partial charge in [0.2, 0.25) is 0 Å². The molecule has 1 aliphatic heterocycles. The number of hydrogen-bond donors (Lipinski definition) is 2. The van der Waals surface area contributed by atoms with Crippen LogP contribution in [0.4, 0.5) is 0 Å². The molecule has 1 heterocycles. The lowest BCUT2D eigenvalue weighted by Crippen LogP contribution is -2.47. The van der Waals surface area contributed by atoms with Gasteiger partial charge in [-0.25, -0.2) is 0 Å². The molecule has 1 unspecified atom stereocenters. The maximum atomic E-state index is 9.75. The van der Waals surface area contributed by atoms with Gasteiger partial charge in [0.25, 0.3) is 0 Å². The van der Waals surface area contributed by atoms with Crippen LogP contribution in [0.25, 0.3) is 0 Å². The highest BCUT2D eigenvalue weighted by Crippen LogP contribution is 2.28. The molecule has 15 heavy (non-hydrogen) atoms. The van der Waals surface area contributed by atoms with Crippen molar-refractivity contribution >= 4 is 0 Å². The van der Waals surface area contributed by atoms with E-state index < -0.39 is 0 Å². The summed E-state index contributed by atoms with van der Waals surface area (Å²) in [6.45, 7) is 6.26. The van der Waals surface area contributed by atoms with Crippen LogP contribution in [0.15, 0.2) is 0 Å². The standard InChI is InChI=1S/C11H22N2O2/c14-11(9-15-8-10-1-2-10)7-13-5-3-12-4-6-13/h10-12,14H,1-9H2. The van der Waals surface area contributed by atoms with E-state index in [-0.39, 0.29) is 6.10 Å². The van der Waals surface area contributed by atoms with Crippen LogP contribution in [0.1, 0.15) is 12.8 Å². The third kappa shape index (κ3) is 4.47. The highest BCUT2D eigenvalue weighted by molar-refractivity contribution is 4.73. The van der Waals surface area contributed by atoms with E-state index in [1.807, 2.05) is 0 Å². The molecule has 1 saturated carbocycles. The van der Waals surface area contributed by atoms with Crippen LogP contribution >= 0.6 is 0 Å². The molecule has 2 rings (SSSR count). The molecule has 0 aromatic carbocycles. The van der Waals surface area contributed by atoms with Gasteiger partial charge in [-0.2, -0.15) is 0 Å². The number of aliphatic hydroxyl groups is 1. The Bertz CT molecular complexity index is 179. The lowest BCUT2D eigenvalue weighted by Gasteiger charge is -2.28. The number of nitrogens with one attached hydrogen (secondary N) is 1. The van der Waals surface area contributed by atoms with Crippen molar-refractivity contribution in [3.8, 4) is 0 Å². The minimum atomic E-state index is -0.318. The second-order valence-corrected chi connectivity index (χ2v) is 4.69. The molecule has 2 fully saturated rings. The Morgan fingerprint density at radius 3 is 2.73 bits per heavy atom. The normalized spacial score (nSPS) is 25.4. The minimum absolute atomic E-state index is 0.318. The topological polar surface area (TPSA) is 44.7 Å². The van der Waals surface area contributed by atoms with Gasteiger partial charge in [-0.15, -0.1) is 0 Å². The SMILES string of the molecule is OC(COCC1CC1)CN1CCNCC1. The zero-order valence-corrected chi connectivity index (χ0v) is 9.32. The van der Waals surface area contributed by atoms with Gasteiger partial charge >= 0.3 is 0 Å². The van der Waals surface area contributed by atoms with Crippen molar-refractivity contribution in [2.24, 2.45) is 5.92 Å². The number of hydrogen-bond acceptors (Lipinski definition) is 4. The second-order valence-electron chi connectivity index (χ2n) is 4.69. The summed E-state index contributed by atoms with van der Waals surface area (Å²) in [5.41, 5.74) is 0. The van der Waals surface area contributed by atoms with Crippen LogP contribution < -0.4 is 5.32 Å². The Morgan fingerprint density at radius 2 is 2.07 bits per heavy atom. The number of nitrogens with zero attached hydrogens (tertiary/aromatic N) is 1. The molecule has 0 spiro atoms. The molecule has 1 aliphatic carbocycles. The first-order valence-electron chi connectivity index (χ1n) is 6.03. The summed E-state index contributed by atoms with van der Waals surface area (Å²) >= 11 is 0. The number of aliphatic hydroxyl groups excluding tert-OH is 1. The van der Waals surface area contributed by atoms with Crippen LogP contribution in [0.2, 0.25) is 0 Å². The zero-order chi connectivity index (χ0) is 10.5. The number of rotatable bonds is 6. The van der Waals surface area contributed by atoms with Crippen LogP contribution in [0.3, 0.4) is 0 Å². The lowest BCUT2D eigenvalue weighted by molar-refractivity contribution is 0.0114. The van der Waals surface area contributed by atoms with Crippen molar-refractivity contribution in [3.63, 3.8) is 0 Å². The first kappa shape index (κ1) is 11.3. The van der Waals surface area contributed by atoms with Crippen molar-refractivity contribution in [1.82, 2.24) is 10.2 Å². The van der Waals surface area contributed by atoms with Gasteiger partial charge in [-0.1, -0.05) is 0 Å². The van der Waals surface area contributed by atoms with Gasteiger partial charge < -0.3 is 15.2 Å². The van der Waals surface area contributed by atoms with E-state index in [4.69, 9.17) is 4.74 Å². The third-order valence-electron chi connectivity index (χ3n) is 3.04. The smallest absolute Gasteiger partial charge is 0.0900 e. The quantitative estimate of drug-likeness (QED) is 0.636. The molecule has 88 valence electrons. The van der Waals surface area contributed by atoms with Gasteiger partial charge in [-0.05, 0) is 18.8 Å². The fourth-order valence-electron chi connectivity index (χ4n) is 1.90. The summed E-state index contributed by atoms with van der Waals surface area (Å²) in [5, 5.41) is 13.0. The summed E-state index contributed by atoms with van der Waals surface area (Å²) in [7, 11) is 0. The first-order valence-corrected chi connectivity index (χ1v) is 6.03. The highest BCUT2D eigenvalue weighted by Gasteiger charge is 2.22. The van der Waals surface area contributed by atoms with Gasteiger partial charge in [0.1, 0.15) is 0 Å². The van der Waals surface area contributed by atoms with Crippen LogP contribution in [0.5, 0.6) is 0 Å². The Morgan fingerprint density at radius 1 is 1.33 bits per heavy atom. The Kier molecular flexibility index (Phi) is 4.38. The fourth-order valence-corrected chi connectivity index (χ4v) is 1.90. The van der Waals surface area contributed by atoms with Crippen LogP contribution in [0, 0.1) is 5.92 Å². The third-order valence-corrected chi connectivity index (χ3v) is 3.04. The van der Waals surface area contributed by atoms with E-state index in [1.165, 1.54) is 12.8 Å². The molecule has 4 heteroatoms. The van der Waals surface area contributed by atoms with Crippen molar-refractivity contribution in [3.05, 3.63) is 0 Å². The summed E-state index contributed by atoms with van der Waals surface area (Å²) < 4.78 is 5.47. The van der Waals surface area contributed by atoms with Crippen molar-refractivity contribution in [2.45, 2.75) is 18.9 Å². The average Bonchev–Trinajstić information content (AvgIpc) is 3.03. The van der Waals surface area contributed by atoms with Crippen molar-refractivity contribution in [1.29, 1.82) is 0 Å². The molecule has 1 saturated heterocycles. The second kappa shape index (κ2) is 5.80. The van der Waals surface area contributed by atoms with E-state index in [9.17, 15) is 5.11 Å². The Hall–Kier alpha value is -0.160. The maximum absolute atomic E-state index is 9.75. The average molecular weight is 214 g/mol. The fraction of sp³-hybridized carbons (Fsp3) is 1.00. The number of piperazine rings is 1. The molecule has 4 nitrogen and oxygen atoms in total. The molecule has 0 bridgehead atoms. The van der Waals surface area contributed by atoms with Crippen LogP contribution in [-0.2, 0) is 4.74 Å². The predicted molar refractivity (Wildman–Crippen MR) is 58.9 cm³/mol. The number of β-amino-alcohol motifs (C(OH)–C–C–N with tert-alkyl or cyclic N) is 1. The van der Waals surface area contributed by atoms with Gasteiger partial charge in [0.05, 0.1) is 12.7 Å². The summed E-state index contributed by atoms with van der Waals surface area (Å²) in [6, 6.07) is 0. The summed E-state index contributed by atoms with van der Waals surface area (Å²) in [5.74, 6) is 0.788. The monoisotopic (exact) mass is 214 g/mol. The molecule has 2 aliphatic rings. The van der Waals surface area contributed by atoms with E-state index in [2.05, 4.69) is 10.2 Å². The Labute approximate surface area is 91.6 Å². The molecule has 0 radical (unpaired) electrons. The van der Waals surface area contributed by atoms with Gasteiger partial charge in [-0.3, -0.25) is 4.90 Å². The van der Waals surface area contributed by atoms with Crippen molar-refractivity contribution < 1.29 is 9.84 Å². The van der Waals surface area contributed by atoms with Crippen molar-refractivity contribution in [2.75, 3.05) is 45.9 Å². The molecule has 0 amide bonds. The van der Waals surface area contributed by atoms with Crippen LogP contribution in [-0.4, -0.2) is 62.0 Å². The maximum Gasteiger partial charge on any atom is 0.0900 e. The molecule has 1 atom stereocenters. The molecular formula is C11H22N2O2. The molecular weight excluding hydrogens is 192 g/mol. The summed E-state index contributed by atoms with van der Waals surface area (Å²) in [4.78, 5) is 2.29. The predicted octanol–water partition coefficient (Wildman–Crippen LogP) is -0.321. The molecule has 0 aromatic heterocycles. The lowest BCUT2D eigenvalue weighted by atomic mass is 10.3. The highest BCUT2D eigenvalue weighted by atomic mass is 16.5. The minimum Gasteiger partial charge on any atom is -0.389 e. The largest absolute Gasteiger partial charge is 0.389 e. The van der Waals surface area contributed by atoms with Gasteiger partial charge in [0.15, 0.2) is 0 Å². The molecule has 0 aromatic rings. The zero-order valence-electron chi connectivity index (χ0n) is 9.32. The van der Waals surface area contributed by atoms with E-state index in [0.717, 1.165) is 45.2 Å². The Balaban J connectivity index is 1.51. The van der Waals surface area contributed by atoms with Gasteiger partial charge in [0, 0.05) is 39.3 Å². The summed E-state index contributed by atoms with van der Waals surface area (Å²) in [6.07, 6.45) is 2.31. The van der Waals surface area contributed by atoms with E-state index >= 15 is 0 Å². The first-order chi connectivity index (χ1) is 7.34. The van der Waals surface area contributed by atoms with E-state index in [0.29, 0.717) is 6.61 Å². The number of ether oxygens (including phenoxy) is 1. The molecule has 2 N–H and O–H groups in total. The van der Waals surface area contributed by atoms with E-state index in [1.54, 1.807) is 0 Å².